The van der Waals surface area contributed by atoms with Crippen LogP contribution in [0, 0.1) is 20.8 Å². The fraction of sp³-hybridized carbons (Fsp3) is 0.429. The zero-order chi connectivity index (χ0) is 13.0. The summed E-state index contributed by atoms with van der Waals surface area (Å²) < 4.78 is 0. The van der Waals surface area contributed by atoms with Crippen LogP contribution >= 0.6 is 0 Å². The molecule has 17 heavy (non-hydrogen) atoms. The van der Waals surface area contributed by atoms with Crippen molar-refractivity contribution in [3.63, 3.8) is 0 Å². The highest BCUT2D eigenvalue weighted by Gasteiger charge is 2.07. The molecule has 0 unspecified atom stereocenters. The van der Waals surface area contributed by atoms with E-state index in [1.807, 2.05) is 0 Å². The van der Waals surface area contributed by atoms with Gasteiger partial charge in [-0.2, -0.15) is 0 Å². The molecule has 3 nitrogen and oxygen atoms in total. The first kappa shape index (κ1) is 13.4. The smallest absolute Gasteiger partial charge is 0.287 e. The molecule has 0 radical (unpaired) electrons. The van der Waals surface area contributed by atoms with Gasteiger partial charge in [0, 0.05) is 13.5 Å². The number of hydrogen-bond acceptors (Lipinski definition) is 2. The number of benzene rings is 1. The summed E-state index contributed by atoms with van der Waals surface area (Å²) in [6, 6.07) is 4.27. The van der Waals surface area contributed by atoms with E-state index in [0.717, 1.165) is 6.42 Å². The van der Waals surface area contributed by atoms with E-state index < -0.39 is 11.7 Å². The largest absolute Gasteiger partial charge is 0.349 e. The van der Waals surface area contributed by atoms with Gasteiger partial charge in [-0.3, -0.25) is 9.59 Å². The minimum absolute atomic E-state index is 0.442. The molecule has 3 heteroatoms. The zero-order valence-corrected chi connectivity index (χ0v) is 10.9. The molecule has 1 amide bonds. The molecular weight excluding hydrogens is 214 g/mol. The molecule has 1 aromatic rings. The van der Waals surface area contributed by atoms with Gasteiger partial charge in [-0.05, 0) is 43.9 Å². The van der Waals surface area contributed by atoms with Crippen molar-refractivity contribution in [2.45, 2.75) is 34.1 Å². The first-order valence-corrected chi connectivity index (χ1v) is 5.77. The van der Waals surface area contributed by atoms with Crippen LogP contribution in [0.4, 0.5) is 0 Å². The number of amides is 1. The van der Waals surface area contributed by atoms with Gasteiger partial charge in [0.1, 0.15) is 0 Å². The van der Waals surface area contributed by atoms with E-state index in [2.05, 4.69) is 38.2 Å². The molecule has 92 valence electrons. The number of carbonyl (C=O) groups is 2. The van der Waals surface area contributed by atoms with Gasteiger partial charge in [0.2, 0.25) is 5.78 Å². The molecule has 0 aliphatic carbocycles. The van der Waals surface area contributed by atoms with E-state index >= 15 is 0 Å². The van der Waals surface area contributed by atoms with Crippen molar-refractivity contribution in [3.05, 3.63) is 34.4 Å². The van der Waals surface area contributed by atoms with Crippen LogP contribution in [0.3, 0.4) is 0 Å². The standard InChI is InChI=1S/C14H19NO2/c1-9-7-10(2)13(11(3)8-9)5-6-15-14(17)12(4)16/h7-8H,5-6H2,1-4H3,(H,15,17). The SMILES string of the molecule is CC(=O)C(=O)NCCc1c(C)cc(C)cc1C. The number of rotatable bonds is 4. The third-order valence-corrected chi connectivity index (χ3v) is 2.82. The molecule has 0 fully saturated rings. The Bertz CT molecular complexity index is 427. The summed E-state index contributed by atoms with van der Waals surface area (Å²) in [5.41, 5.74) is 4.97. The van der Waals surface area contributed by atoms with Crippen LogP contribution in [0.5, 0.6) is 0 Å². The molecular formula is C14H19NO2. The molecule has 0 heterocycles. The maximum atomic E-state index is 11.1. The van der Waals surface area contributed by atoms with Crippen LogP contribution in [0.2, 0.25) is 0 Å². The van der Waals surface area contributed by atoms with Gasteiger partial charge in [0.05, 0.1) is 0 Å². The van der Waals surface area contributed by atoms with E-state index in [4.69, 9.17) is 0 Å². The minimum atomic E-state index is -0.507. The van der Waals surface area contributed by atoms with Crippen LogP contribution in [-0.2, 0) is 16.0 Å². The van der Waals surface area contributed by atoms with Gasteiger partial charge >= 0.3 is 0 Å². The Kier molecular flexibility index (Phi) is 4.44. The fourth-order valence-electron chi connectivity index (χ4n) is 2.03. The second kappa shape index (κ2) is 5.62. The molecule has 1 rings (SSSR count). The lowest BCUT2D eigenvalue weighted by Crippen LogP contribution is -2.31. The number of carbonyl (C=O) groups excluding carboxylic acids is 2. The molecule has 0 spiro atoms. The topological polar surface area (TPSA) is 46.2 Å². The second-order valence-corrected chi connectivity index (χ2v) is 4.44. The van der Waals surface area contributed by atoms with Crippen LogP contribution in [0.1, 0.15) is 29.2 Å². The second-order valence-electron chi connectivity index (χ2n) is 4.44. The van der Waals surface area contributed by atoms with E-state index in [1.165, 1.54) is 29.2 Å². The molecule has 0 saturated carbocycles. The normalized spacial score (nSPS) is 10.1. The van der Waals surface area contributed by atoms with E-state index in [0.29, 0.717) is 6.54 Å². The molecule has 1 aromatic carbocycles. The van der Waals surface area contributed by atoms with Crippen LogP contribution in [-0.4, -0.2) is 18.2 Å². The maximum Gasteiger partial charge on any atom is 0.287 e. The van der Waals surface area contributed by atoms with Gasteiger partial charge in [-0.15, -0.1) is 0 Å². The summed E-state index contributed by atoms with van der Waals surface area (Å²) in [5, 5.41) is 2.61. The van der Waals surface area contributed by atoms with Crippen molar-refractivity contribution in [1.29, 1.82) is 0 Å². The highest BCUT2D eigenvalue weighted by Crippen LogP contribution is 2.16. The van der Waals surface area contributed by atoms with Gasteiger partial charge in [-0.25, -0.2) is 0 Å². The number of Topliss-reactive ketones (excluding diaryl/α,β-unsaturated/α-hetero) is 1. The summed E-state index contributed by atoms with van der Waals surface area (Å²) >= 11 is 0. The maximum absolute atomic E-state index is 11.1. The lowest BCUT2D eigenvalue weighted by Gasteiger charge is -2.11. The van der Waals surface area contributed by atoms with E-state index in [9.17, 15) is 9.59 Å². The van der Waals surface area contributed by atoms with Crippen molar-refractivity contribution < 1.29 is 9.59 Å². The van der Waals surface area contributed by atoms with Crippen molar-refractivity contribution >= 4 is 11.7 Å². The van der Waals surface area contributed by atoms with Crippen molar-refractivity contribution in [2.24, 2.45) is 0 Å². The molecule has 0 atom stereocenters. The summed E-state index contributed by atoms with van der Waals surface area (Å²) in [6.07, 6.45) is 0.761. The third-order valence-electron chi connectivity index (χ3n) is 2.82. The first-order valence-electron chi connectivity index (χ1n) is 5.77. The number of ketones is 1. The Morgan fingerprint density at radius 1 is 1.12 bits per heavy atom. The quantitative estimate of drug-likeness (QED) is 0.807. The van der Waals surface area contributed by atoms with Crippen molar-refractivity contribution in [3.8, 4) is 0 Å². The summed E-state index contributed by atoms with van der Waals surface area (Å²) in [7, 11) is 0. The lowest BCUT2D eigenvalue weighted by molar-refractivity contribution is -0.136. The summed E-state index contributed by atoms with van der Waals surface area (Å²) in [4.78, 5) is 21.8. The average molecular weight is 233 g/mol. The zero-order valence-electron chi connectivity index (χ0n) is 10.9. The predicted molar refractivity (Wildman–Crippen MR) is 68.0 cm³/mol. The van der Waals surface area contributed by atoms with Crippen LogP contribution in [0.15, 0.2) is 12.1 Å². The Morgan fingerprint density at radius 3 is 2.12 bits per heavy atom. The summed E-state index contributed by atoms with van der Waals surface area (Å²) in [6.45, 7) is 7.99. The monoisotopic (exact) mass is 233 g/mol. The van der Waals surface area contributed by atoms with E-state index in [-0.39, 0.29) is 0 Å². The number of nitrogens with one attached hydrogen (secondary N) is 1. The third kappa shape index (κ3) is 3.70. The average Bonchev–Trinajstić information content (AvgIpc) is 2.21. The Balaban J connectivity index is 2.64. The van der Waals surface area contributed by atoms with Gasteiger partial charge in [0.15, 0.2) is 0 Å². The molecule has 0 bridgehead atoms. The molecule has 0 aromatic heterocycles. The highest BCUT2D eigenvalue weighted by atomic mass is 16.2. The van der Waals surface area contributed by atoms with Crippen LogP contribution < -0.4 is 5.32 Å². The summed E-state index contributed by atoms with van der Waals surface area (Å²) in [5.74, 6) is -0.949. The van der Waals surface area contributed by atoms with Crippen LogP contribution in [0.25, 0.3) is 0 Å². The molecule has 0 aliphatic heterocycles. The van der Waals surface area contributed by atoms with Gasteiger partial charge in [-0.1, -0.05) is 17.7 Å². The van der Waals surface area contributed by atoms with Crippen molar-refractivity contribution in [2.75, 3.05) is 6.54 Å². The highest BCUT2D eigenvalue weighted by molar-refractivity contribution is 6.35. The number of hydrogen-bond donors (Lipinski definition) is 1. The first-order chi connectivity index (χ1) is 7.91. The van der Waals surface area contributed by atoms with Crippen molar-refractivity contribution in [1.82, 2.24) is 5.32 Å². The predicted octanol–water partition coefficient (Wildman–Crippen LogP) is 1.86. The Morgan fingerprint density at radius 2 is 1.65 bits per heavy atom. The van der Waals surface area contributed by atoms with E-state index in [1.54, 1.807) is 0 Å². The minimum Gasteiger partial charge on any atom is -0.349 e. The molecule has 1 N–H and O–H groups in total. The Labute approximate surface area is 102 Å². The van der Waals surface area contributed by atoms with Gasteiger partial charge in [0.25, 0.3) is 5.91 Å². The molecule has 0 aliphatic rings. The Hall–Kier alpha value is -1.64. The fourth-order valence-corrected chi connectivity index (χ4v) is 2.03. The lowest BCUT2D eigenvalue weighted by atomic mass is 9.97. The molecule has 0 saturated heterocycles. The number of aryl methyl sites for hydroxylation is 3. The van der Waals surface area contributed by atoms with Gasteiger partial charge < -0.3 is 5.32 Å².